The summed E-state index contributed by atoms with van der Waals surface area (Å²) in [6.07, 6.45) is 13.5. The molecular weight excluding hydrogens is 388 g/mol. The van der Waals surface area contributed by atoms with Crippen molar-refractivity contribution in [2.24, 2.45) is 62.1 Å². The summed E-state index contributed by atoms with van der Waals surface area (Å²) in [4.78, 5) is 0. The average molecular weight is 443 g/mol. The molecule has 10 atom stereocenters. The van der Waals surface area contributed by atoms with Crippen molar-refractivity contribution in [3.63, 3.8) is 0 Å². The Balaban J connectivity index is 1.55. The van der Waals surface area contributed by atoms with Gasteiger partial charge in [-0.3, -0.25) is 0 Å². The second-order valence-corrected chi connectivity index (χ2v) is 16.1. The molecule has 5 aliphatic carbocycles. The predicted molar refractivity (Wildman–Crippen MR) is 135 cm³/mol. The van der Waals surface area contributed by atoms with Crippen LogP contribution in [0.1, 0.15) is 127 Å². The van der Waals surface area contributed by atoms with E-state index in [2.05, 4.69) is 62.3 Å². The molecule has 32 heavy (non-hydrogen) atoms. The van der Waals surface area contributed by atoms with Crippen LogP contribution in [0.3, 0.4) is 0 Å². The van der Waals surface area contributed by atoms with Gasteiger partial charge in [-0.1, -0.05) is 62.3 Å². The minimum Gasteiger partial charge on any atom is -0.393 e. The SMILES string of the molecule is CC1CC(C)(C)C2CCC3(C)C(CCC4C5(C)CCC(O)C(C)(C)C5CCC43C)C2(C)C1. The van der Waals surface area contributed by atoms with Gasteiger partial charge in [0.05, 0.1) is 6.10 Å². The Morgan fingerprint density at radius 1 is 0.562 bits per heavy atom. The number of fused-ring (bicyclic) bond motifs is 7. The number of hydrogen-bond donors (Lipinski definition) is 1. The smallest absolute Gasteiger partial charge is 0.0594 e. The zero-order chi connectivity index (χ0) is 23.5. The second kappa shape index (κ2) is 6.79. The molecule has 0 aromatic heterocycles. The van der Waals surface area contributed by atoms with Crippen molar-refractivity contribution >= 4 is 0 Å². The van der Waals surface area contributed by atoms with Gasteiger partial charge in [-0.05, 0) is 126 Å². The Morgan fingerprint density at radius 2 is 1.09 bits per heavy atom. The molecule has 0 spiro atoms. The highest BCUT2D eigenvalue weighted by Crippen LogP contribution is 2.78. The van der Waals surface area contributed by atoms with Crippen LogP contribution >= 0.6 is 0 Å². The molecule has 0 bridgehead atoms. The highest BCUT2D eigenvalue weighted by molar-refractivity contribution is 5.19. The highest BCUT2D eigenvalue weighted by atomic mass is 16.3. The van der Waals surface area contributed by atoms with Crippen molar-refractivity contribution in [1.29, 1.82) is 0 Å². The molecular formula is C31H54O. The van der Waals surface area contributed by atoms with Crippen LogP contribution in [0.4, 0.5) is 0 Å². The van der Waals surface area contributed by atoms with E-state index >= 15 is 0 Å². The van der Waals surface area contributed by atoms with Gasteiger partial charge in [0.2, 0.25) is 0 Å². The molecule has 5 aliphatic rings. The third-order valence-electron chi connectivity index (χ3n) is 14.0. The Bertz CT molecular complexity index is 766. The van der Waals surface area contributed by atoms with E-state index in [0.29, 0.717) is 33.0 Å². The van der Waals surface area contributed by atoms with Gasteiger partial charge in [-0.25, -0.2) is 0 Å². The lowest BCUT2D eigenvalue weighted by Crippen LogP contribution is -2.68. The molecule has 0 aromatic carbocycles. The Morgan fingerprint density at radius 3 is 1.69 bits per heavy atom. The molecule has 5 saturated carbocycles. The Labute approximate surface area is 199 Å². The standard InChI is InChI=1S/C31H54O/c1-20-18-26(2,3)21-12-16-31(9)24(29(21,7)19-20)11-10-23-28(6)15-14-25(32)27(4,5)22(28)13-17-30(23,31)8/h20-25,32H,10-19H2,1-9H3. The molecule has 0 saturated heterocycles. The molecule has 1 N–H and O–H groups in total. The molecule has 5 rings (SSSR count). The molecule has 1 heteroatoms. The fourth-order valence-electron chi connectivity index (χ4n) is 12.9. The van der Waals surface area contributed by atoms with Gasteiger partial charge >= 0.3 is 0 Å². The molecule has 0 heterocycles. The Kier molecular flexibility index (Phi) is 5.03. The lowest BCUT2D eigenvalue weighted by Gasteiger charge is -2.75. The summed E-state index contributed by atoms with van der Waals surface area (Å²) in [6, 6.07) is 0. The summed E-state index contributed by atoms with van der Waals surface area (Å²) in [5, 5.41) is 10.9. The maximum Gasteiger partial charge on any atom is 0.0594 e. The van der Waals surface area contributed by atoms with E-state index in [-0.39, 0.29) is 11.5 Å². The lowest BCUT2D eigenvalue weighted by atomic mass is 9.30. The van der Waals surface area contributed by atoms with Crippen molar-refractivity contribution in [1.82, 2.24) is 0 Å². The van der Waals surface area contributed by atoms with Crippen molar-refractivity contribution in [2.75, 3.05) is 0 Å². The maximum atomic E-state index is 10.9. The van der Waals surface area contributed by atoms with Crippen molar-refractivity contribution < 1.29 is 5.11 Å². The van der Waals surface area contributed by atoms with E-state index < -0.39 is 0 Å². The van der Waals surface area contributed by atoms with Crippen LogP contribution in [0.5, 0.6) is 0 Å². The zero-order valence-corrected chi connectivity index (χ0v) is 23.0. The van der Waals surface area contributed by atoms with E-state index in [1.165, 1.54) is 57.8 Å². The van der Waals surface area contributed by atoms with Gasteiger partial charge in [0.15, 0.2) is 0 Å². The largest absolute Gasteiger partial charge is 0.393 e. The Hall–Kier alpha value is -0.0400. The molecule has 0 amide bonds. The number of hydrogen-bond acceptors (Lipinski definition) is 1. The van der Waals surface area contributed by atoms with Gasteiger partial charge in [-0.15, -0.1) is 0 Å². The van der Waals surface area contributed by atoms with Crippen LogP contribution in [0, 0.1) is 62.1 Å². The fraction of sp³-hybridized carbons (Fsp3) is 1.00. The second-order valence-electron chi connectivity index (χ2n) is 16.1. The molecule has 10 unspecified atom stereocenters. The first-order chi connectivity index (χ1) is 14.6. The first kappa shape index (κ1) is 23.7. The van der Waals surface area contributed by atoms with Crippen molar-refractivity contribution in [3.05, 3.63) is 0 Å². The van der Waals surface area contributed by atoms with E-state index in [9.17, 15) is 5.11 Å². The summed E-state index contributed by atoms with van der Waals surface area (Å²) in [7, 11) is 0. The molecule has 0 radical (unpaired) electrons. The summed E-state index contributed by atoms with van der Waals surface area (Å²) in [5.41, 5.74) is 2.42. The van der Waals surface area contributed by atoms with E-state index in [0.717, 1.165) is 30.1 Å². The molecule has 0 aromatic rings. The van der Waals surface area contributed by atoms with Crippen LogP contribution < -0.4 is 0 Å². The average Bonchev–Trinajstić information content (AvgIpc) is 2.64. The maximum absolute atomic E-state index is 10.9. The quantitative estimate of drug-likeness (QED) is 0.398. The van der Waals surface area contributed by atoms with Crippen LogP contribution in [0.15, 0.2) is 0 Å². The van der Waals surface area contributed by atoms with Gasteiger partial charge < -0.3 is 5.11 Å². The van der Waals surface area contributed by atoms with E-state index in [1.807, 2.05) is 0 Å². The third kappa shape index (κ3) is 2.73. The van der Waals surface area contributed by atoms with Gasteiger partial charge in [0.1, 0.15) is 0 Å². The molecule has 1 nitrogen and oxygen atoms in total. The minimum absolute atomic E-state index is 0.0680. The summed E-state index contributed by atoms with van der Waals surface area (Å²) < 4.78 is 0. The first-order valence-electron chi connectivity index (χ1n) is 14.3. The normalized spacial score (nSPS) is 58.7. The van der Waals surface area contributed by atoms with Gasteiger partial charge in [-0.2, -0.15) is 0 Å². The van der Waals surface area contributed by atoms with Gasteiger partial charge in [0, 0.05) is 0 Å². The van der Waals surface area contributed by atoms with E-state index in [4.69, 9.17) is 0 Å². The fourth-order valence-corrected chi connectivity index (χ4v) is 12.9. The summed E-state index contributed by atoms with van der Waals surface area (Å²) in [5.74, 6) is 4.17. The topological polar surface area (TPSA) is 20.2 Å². The monoisotopic (exact) mass is 442 g/mol. The van der Waals surface area contributed by atoms with Crippen LogP contribution in [0.2, 0.25) is 0 Å². The van der Waals surface area contributed by atoms with Crippen molar-refractivity contribution in [3.8, 4) is 0 Å². The predicted octanol–water partition coefficient (Wildman–Crippen LogP) is 8.49. The zero-order valence-electron chi connectivity index (χ0n) is 23.0. The number of aliphatic hydroxyl groups is 1. The van der Waals surface area contributed by atoms with Crippen LogP contribution in [-0.4, -0.2) is 11.2 Å². The van der Waals surface area contributed by atoms with Gasteiger partial charge in [0.25, 0.3) is 0 Å². The molecule has 5 fully saturated rings. The van der Waals surface area contributed by atoms with Crippen molar-refractivity contribution in [2.45, 2.75) is 133 Å². The first-order valence-corrected chi connectivity index (χ1v) is 14.3. The summed E-state index contributed by atoms with van der Waals surface area (Å²) in [6.45, 7) is 23.4. The lowest BCUT2D eigenvalue weighted by molar-refractivity contribution is -0.266. The van der Waals surface area contributed by atoms with Crippen LogP contribution in [-0.2, 0) is 0 Å². The molecule has 0 aliphatic heterocycles. The van der Waals surface area contributed by atoms with Crippen LogP contribution in [0.25, 0.3) is 0 Å². The minimum atomic E-state index is -0.114. The molecule has 184 valence electrons. The summed E-state index contributed by atoms with van der Waals surface area (Å²) >= 11 is 0. The highest BCUT2D eigenvalue weighted by Gasteiger charge is 2.71. The number of rotatable bonds is 0. The number of aliphatic hydroxyl groups excluding tert-OH is 1. The van der Waals surface area contributed by atoms with E-state index in [1.54, 1.807) is 0 Å². The third-order valence-corrected chi connectivity index (χ3v) is 14.0.